The topological polar surface area (TPSA) is 169 Å². The van der Waals surface area contributed by atoms with Crippen molar-refractivity contribution in [2.45, 2.75) is 45.6 Å². The van der Waals surface area contributed by atoms with Gasteiger partial charge in [0.1, 0.15) is 24.2 Å². The number of carboxylic acids is 1. The molecule has 13 nitrogen and oxygen atoms in total. The molecule has 1 aliphatic rings. The Kier molecular flexibility index (Phi) is 12.8. The van der Waals surface area contributed by atoms with Gasteiger partial charge < -0.3 is 35.0 Å². The summed E-state index contributed by atoms with van der Waals surface area (Å²) >= 11 is 0. The number of benzene rings is 1. The number of anilines is 1. The van der Waals surface area contributed by atoms with Crippen LogP contribution in [0.5, 0.6) is 11.8 Å². The highest BCUT2D eigenvalue weighted by atomic mass is 16.5. The number of nitrogens with two attached hydrogens (primary N) is 1. The number of hydrogen-bond acceptors (Lipinski definition) is 10. The fourth-order valence-electron chi connectivity index (χ4n) is 4.53. The van der Waals surface area contributed by atoms with Gasteiger partial charge in [0.05, 0.1) is 19.6 Å². The number of hydrogen-bond donors (Lipinski definition) is 3. The van der Waals surface area contributed by atoms with Crippen LogP contribution in [0.3, 0.4) is 0 Å². The molecule has 42 heavy (non-hydrogen) atoms. The lowest BCUT2D eigenvalue weighted by Crippen LogP contribution is -2.33. The Bertz CT molecular complexity index is 1350. The lowest BCUT2D eigenvalue weighted by Gasteiger charge is -2.28. The molecule has 230 valence electrons. The molecule has 1 fully saturated rings. The van der Waals surface area contributed by atoms with Crippen molar-refractivity contribution in [1.82, 2.24) is 29.3 Å². The number of nitrogens with zero attached hydrogens (tertiary/aromatic N) is 5. The second-order valence-electron chi connectivity index (χ2n) is 10.6. The van der Waals surface area contributed by atoms with Crippen LogP contribution in [0.2, 0.25) is 0 Å². The first-order valence-electron chi connectivity index (χ1n) is 14.3. The Morgan fingerprint density at radius 1 is 1.24 bits per heavy atom. The Morgan fingerprint density at radius 2 is 2.00 bits per heavy atom. The minimum absolute atomic E-state index is 0.0117. The smallest absolute Gasteiger partial charge is 0.327 e. The SMILES string of the molecule is CCCCOc1nc(N)c2[nH]c(=O)n(CC3CCN(C)CC3)c2n1.CN(CC=O)CCOc1cccc(CC(=O)O)c1. The number of nitrogens with one attached hydrogen (secondary N) is 1. The van der Waals surface area contributed by atoms with E-state index in [1.54, 1.807) is 28.8 Å². The molecular weight excluding hydrogens is 542 g/mol. The average Bonchev–Trinajstić information content (AvgIpc) is 3.26. The van der Waals surface area contributed by atoms with Crippen LogP contribution in [-0.2, 0) is 22.6 Å². The molecule has 0 bridgehead atoms. The summed E-state index contributed by atoms with van der Waals surface area (Å²) in [5.41, 5.74) is 7.53. The van der Waals surface area contributed by atoms with Crippen molar-refractivity contribution in [3.63, 3.8) is 0 Å². The number of nitrogen functional groups attached to an aromatic ring is 1. The first kappa shape index (κ1) is 32.5. The molecule has 3 aromatic rings. The maximum absolute atomic E-state index is 12.3. The molecule has 0 atom stereocenters. The number of likely N-dealkylation sites (tertiary alicyclic amines) is 1. The number of H-pyrrole nitrogens is 1. The molecule has 1 saturated heterocycles. The summed E-state index contributed by atoms with van der Waals surface area (Å²) < 4.78 is 12.7. The van der Waals surface area contributed by atoms with E-state index in [0.717, 1.165) is 45.1 Å². The van der Waals surface area contributed by atoms with E-state index in [-0.39, 0.29) is 23.9 Å². The fraction of sp³-hybridized carbons (Fsp3) is 0.552. The number of aromatic nitrogens is 4. The zero-order valence-corrected chi connectivity index (χ0v) is 24.8. The van der Waals surface area contributed by atoms with Crippen molar-refractivity contribution in [3.8, 4) is 11.8 Å². The van der Waals surface area contributed by atoms with E-state index >= 15 is 0 Å². The molecule has 2 aromatic heterocycles. The largest absolute Gasteiger partial charge is 0.492 e. The number of aromatic amines is 1. The molecule has 4 rings (SSSR count). The Morgan fingerprint density at radius 3 is 2.69 bits per heavy atom. The molecule has 0 saturated carbocycles. The number of likely N-dealkylation sites (N-methyl/N-ethyl adjacent to an activating group) is 1. The number of carbonyl (C=O) groups excluding carboxylic acids is 1. The number of piperidine rings is 1. The van der Waals surface area contributed by atoms with Crippen LogP contribution in [0.1, 0.15) is 38.2 Å². The van der Waals surface area contributed by atoms with Crippen molar-refractivity contribution in [2.75, 3.05) is 59.2 Å². The summed E-state index contributed by atoms with van der Waals surface area (Å²) in [6.07, 6.45) is 4.95. The van der Waals surface area contributed by atoms with Crippen LogP contribution < -0.4 is 20.9 Å². The van der Waals surface area contributed by atoms with Crippen LogP contribution in [0.25, 0.3) is 11.2 Å². The summed E-state index contributed by atoms with van der Waals surface area (Å²) in [7, 11) is 3.96. The Balaban J connectivity index is 0.000000241. The van der Waals surface area contributed by atoms with Crippen molar-refractivity contribution < 1.29 is 24.2 Å². The van der Waals surface area contributed by atoms with Gasteiger partial charge >= 0.3 is 17.7 Å². The van der Waals surface area contributed by atoms with Gasteiger partial charge in [-0.2, -0.15) is 9.97 Å². The number of ether oxygens (including phenoxy) is 2. The van der Waals surface area contributed by atoms with Crippen molar-refractivity contribution >= 4 is 29.2 Å². The Hall–Kier alpha value is -3.97. The van der Waals surface area contributed by atoms with Gasteiger partial charge in [0.2, 0.25) is 0 Å². The van der Waals surface area contributed by atoms with Gasteiger partial charge in [0, 0.05) is 13.1 Å². The van der Waals surface area contributed by atoms with Gasteiger partial charge in [-0.15, -0.1) is 0 Å². The second-order valence-corrected chi connectivity index (χ2v) is 10.6. The standard InChI is InChI=1S/C16H26N6O2.C13H17NO4/c1-3-4-9-24-15-19-13(17)12-14(20-15)22(16(23)18-12)10-11-5-7-21(2)8-6-11;1-14(5-7-15)6-8-18-12-4-2-3-11(9-12)10-13(16)17/h11H,3-10H2,1-2H3,(H,18,23)(H2,17,19,20);2-4,7,9H,5-6,8,10H2,1H3,(H,16,17). The molecular formula is C29H43N7O6. The predicted octanol–water partition coefficient (Wildman–Crippen LogP) is 2.05. The molecule has 1 aromatic carbocycles. The quantitative estimate of drug-likeness (QED) is 0.187. The van der Waals surface area contributed by atoms with Crippen LogP contribution >= 0.6 is 0 Å². The van der Waals surface area contributed by atoms with E-state index in [4.69, 9.17) is 20.3 Å². The number of carboxylic acid groups (broad SMARTS) is 1. The fourth-order valence-corrected chi connectivity index (χ4v) is 4.53. The summed E-state index contributed by atoms with van der Waals surface area (Å²) in [5.74, 6) is 0.510. The van der Waals surface area contributed by atoms with E-state index in [1.807, 2.05) is 11.9 Å². The first-order valence-corrected chi connectivity index (χ1v) is 14.3. The number of imidazole rings is 1. The van der Waals surface area contributed by atoms with Crippen LogP contribution in [0.15, 0.2) is 29.1 Å². The number of fused-ring (bicyclic) bond motifs is 1. The molecule has 0 unspecified atom stereocenters. The van der Waals surface area contributed by atoms with E-state index in [9.17, 15) is 14.4 Å². The maximum atomic E-state index is 12.3. The second kappa shape index (κ2) is 16.5. The van der Waals surface area contributed by atoms with Crippen LogP contribution in [0.4, 0.5) is 5.82 Å². The predicted molar refractivity (Wildman–Crippen MR) is 160 cm³/mol. The number of rotatable bonds is 14. The van der Waals surface area contributed by atoms with Crippen molar-refractivity contribution in [3.05, 3.63) is 40.3 Å². The Labute approximate surface area is 245 Å². The highest BCUT2D eigenvalue weighted by Crippen LogP contribution is 2.22. The third-order valence-corrected chi connectivity index (χ3v) is 7.02. The lowest BCUT2D eigenvalue weighted by molar-refractivity contribution is -0.136. The van der Waals surface area contributed by atoms with E-state index < -0.39 is 5.97 Å². The highest BCUT2D eigenvalue weighted by molar-refractivity contribution is 5.81. The van der Waals surface area contributed by atoms with Crippen molar-refractivity contribution in [1.29, 1.82) is 0 Å². The van der Waals surface area contributed by atoms with E-state index in [2.05, 4.69) is 33.8 Å². The molecule has 3 heterocycles. The summed E-state index contributed by atoms with van der Waals surface area (Å²) in [6.45, 7) is 6.88. The molecule has 0 amide bonds. The van der Waals surface area contributed by atoms with Gasteiger partial charge in [-0.3, -0.25) is 14.3 Å². The maximum Gasteiger partial charge on any atom is 0.327 e. The van der Waals surface area contributed by atoms with Gasteiger partial charge in [-0.05, 0) is 70.1 Å². The van der Waals surface area contributed by atoms with Crippen molar-refractivity contribution in [2.24, 2.45) is 5.92 Å². The number of unbranched alkanes of at least 4 members (excludes halogenated alkanes) is 1. The molecule has 0 spiro atoms. The van der Waals surface area contributed by atoms with E-state index in [0.29, 0.717) is 61.2 Å². The number of aliphatic carboxylic acids is 1. The minimum atomic E-state index is -0.863. The molecule has 4 N–H and O–H groups in total. The van der Waals surface area contributed by atoms with E-state index in [1.165, 1.54) is 0 Å². The first-order chi connectivity index (χ1) is 20.2. The van der Waals surface area contributed by atoms with Gasteiger partial charge in [0.15, 0.2) is 11.5 Å². The van der Waals surface area contributed by atoms with Gasteiger partial charge in [-0.1, -0.05) is 25.5 Å². The minimum Gasteiger partial charge on any atom is -0.492 e. The highest BCUT2D eigenvalue weighted by Gasteiger charge is 2.21. The average molecular weight is 586 g/mol. The van der Waals surface area contributed by atoms with Crippen LogP contribution in [0, 0.1) is 5.92 Å². The zero-order chi connectivity index (χ0) is 30.5. The normalized spacial score (nSPS) is 14.0. The van der Waals surface area contributed by atoms with Gasteiger partial charge in [-0.25, -0.2) is 4.79 Å². The van der Waals surface area contributed by atoms with Gasteiger partial charge in [0.25, 0.3) is 0 Å². The molecule has 0 radical (unpaired) electrons. The summed E-state index contributed by atoms with van der Waals surface area (Å²) in [6, 6.07) is 7.26. The lowest BCUT2D eigenvalue weighted by atomic mass is 9.97. The number of carbonyl (C=O) groups is 2. The molecule has 13 heteroatoms. The summed E-state index contributed by atoms with van der Waals surface area (Å²) in [4.78, 5) is 48.7. The molecule has 1 aliphatic heterocycles. The zero-order valence-electron chi connectivity index (χ0n) is 24.8. The third kappa shape index (κ3) is 10.1. The molecule has 0 aliphatic carbocycles. The summed E-state index contributed by atoms with van der Waals surface area (Å²) in [5, 5.41) is 8.69. The number of aldehydes is 1. The van der Waals surface area contributed by atoms with Crippen LogP contribution in [-0.4, -0.2) is 100 Å². The monoisotopic (exact) mass is 585 g/mol. The third-order valence-electron chi connectivity index (χ3n) is 7.02.